The molecule has 0 radical (unpaired) electrons. The number of hydrogen-bond donors (Lipinski definition) is 2. The SMILES string of the molecule is CCNC(=NCc1ccon1)NC1CCN(c2ccc(F)cc2F)C1. The zero-order chi connectivity index (χ0) is 17.6. The number of halogens is 2. The maximum atomic E-state index is 13.9. The summed E-state index contributed by atoms with van der Waals surface area (Å²) in [5.74, 6) is -0.422. The third kappa shape index (κ3) is 4.46. The second kappa shape index (κ2) is 7.96. The minimum Gasteiger partial charge on any atom is -0.367 e. The zero-order valence-electron chi connectivity index (χ0n) is 14.0. The van der Waals surface area contributed by atoms with E-state index in [2.05, 4.69) is 20.8 Å². The van der Waals surface area contributed by atoms with Gasteiger partial charge in [-0.1, -0.05) is 5.16 Å². The third-order valence-corrected chi connectivity index (χ3v) is 4.01. The van der Waals surface area contributed by atoms with Crippen LogP contribution in [-0.4, -0.2) is 36.8 Å². The summed E-state index contributed by atoms with van der Waals surface area (Å²) in [4.78, 5) is 6.39. The van der Waals surface area contributed by atoms with Crippen molar-refractivity contribution in [1.82, 2.24) is 15.8 Å². The van der Waals surface area contributed by atoms with E-state index < -0.39 is 11.6 Å². The molecule has 2 heterocycles. The van der Waals surface area contributed by atoms with Gasteiger partial charge in [-0.3, -0.25) is 0 Å². The Morgan fingerprint density at radius 1 is 1.40 bits per heavy atom. The molecule has 25 heavy (non-hydrogen) atoms. The van der Waals surface area contributed by atoms with E-state index >= 15 is 0 Å². The normalized spacial score (nSPS) is 17.8. The largest absolute Gasteiger partial charge is 0.367 e. The Balaban J connectivity index is 1.61. The highest BCUT2D eigenvalue weighted by atomic mass is 19.1. The summed E-state index contributed by atoms with van der Waals surface area (Å²) < 4.78 is 31.8. The van der Waals surface area contributed by atoms with Crippen LogP contribution in [0.3, 0.4) is 0 Å². The summed E-state index contributed by atoms with van der Waals surface area (Å²) >= 11 is 0. The number of aliphatic imine (C=N–C) groups is 1. The Morgan fingerprint density at radius 3 is 3.00 bits per heavy atom. The van der Waals surface area contributed by atoms with E-state index in [1.54, 1.807) is 6.07 Å². The van der Waals surface area contributed by atoms with Gasteiger partial charge in [-0.05, 0) is 25.5 Å². The highest BCUT2D eigenvalue weighted by Gasteiger charge is 2.25. The van der Waals surface area contributed by atoms with Gasteiger partial charge in [0.25, 0.3) is 0 Å². The van der Waals surface area contributed by atoms with Crippen LogP contribution >= 0.6 is 0 Å². The lowest BCUT2D eigenvalue weighted by atomic mass is 10.2. The van der Waals surface area contributed by atoms with Crippen molar-refractivity contribution in [3.05, 3.63) is 47.9 Å². The van der Waals surface area contributed by atoms with Crippen molar-refractivity contribution in [2.24, 2.45) is 4.99 Å². The Kier molecular flexibility index (Phi) is 5.47. The van der Waals surface area contributed by atoms with E-state index in [-0.39, 0.29) is 6.04 Å². The summed E-state index contributed by atoms with van der Waals surface area (Å²) in [6.45, 7) is 4.45. The van der Waals surface area contributed by atoms with Gasteiger partial charge in [0.05, 0.1) is 12.2 Å². The molecule has 2 aromatic rings. The minimum absolute atomic E-state index is 0.125. The maximum absolute atomic E-state index is 13.9. The number of benzene rings is 1. The molecule has 1 unspecified atom stereocenters. The van der Waals surface area contributed by atoms with Gasteiger partial charge in [-0.25, -0.2) is 13.8 Å². The van der Waals surface area contributed by atoms with Crippen LogP contribution in [0.2, 0.25) is 0 Å². The number of anilines is 1. The summed E-state index contributed by atoms with van der Waals surface area (Å²) in [6, 6.07) is 5.57. The van der Waals surface area contributed by atoms with Gasteiger partial charge in [-0.2, -0.15) is 0 Å². The summed E-state index contributed by atoms with van der Waals surface area (Å²) in [7, 11) is 0. The van der Waals surface area contributed by atoms with Crippen molar-refractivity contribution in [1.29, 1.82) is 0 Å². The number of nitrogens with one attached hydrogen (secondary N) is 2. The summed E-state index contributed by atoms with van der Waals surface area (Å²) in [5.41, 5.74) is 1.17. The van der Waals surface area contributed by atoms with Gasteiger partial charge in [0.2, 0.25) is 0 Å². The van der Waals surface area contributed by atoms with Gasteiger partial charge >= 0.3 is 0 Å². The molecule has 8 heteroatoms. The van der Waals surface area contributed by atoms with Gasteiger partial charge in [0.15, 0.2) is 5.96 Å². The fourth-order valence-corrected chi connectivity index (χ4v) is 2.83. The highest BCUT2D eigenvalue weighted by molar-refractivity contribution is 5.80. The van der Waals surface area contributed by atoms with Crippen molar-refractivity contribution in [2.75, 3.05) is 24.5 Å². The third-order valence-electron chi connectivity index (χ3n) is 4.01. The van der Waals surface area contributed by atoms with Gasteiger partial charge in [0.1, 0.15) is 23.6 Å². The second-order valence-corrected chi connectivity index (χ2v) is 5.86. The van der Waals surface area contributed by atoms with E-state index in [0.29, 0.717) is 31.3 Å². The smallest absolute Gasteiger partial charge is 0.191 e. The van der Waals surface area contributed by atoms with E-state index in [4.69, 9.17) is 4.52 Å². The quantitative estimate of drug-likeness (QED) is 0.640. The van der Waals surface area contributed by atoms with Crippen LogP contribution in [0.5, 0.6) is 0 Å². The maximum Gasteiger partial charge on any atom is 0.191 e. The van der Waals surface area contributed by atoms with Crippen LogP contribution in [0.4, 0.5) is 14.5 Å². The van der Waals surface area contributed by atoms with Gasteiger partial charge < -0.3 is 20.1 Å². The fraction of sp³-hybridized carbons (Fsp3) is 0.412. The van der Waals surface area contributed by atoms with Crippen LogP contribution in [0.25, 0.3) is 0 Å². The second-order valence-electron chi connectivity index (χ2n) is 5.86. The van der Waals surface area contributed by atoms with Crippen molar-refractivity contribution >= 4 is 11.6 Å². The average molecular weight is 349 g/mol. The lowest BCUT2D eigenvalue weighted by Crippen LogP contribution is -2.44. The molecule has 0 bridgehead atoms. The molecule has 2 N–H and O–H groups in total. The minimum atomic E-state index is -0.565. The molecule has 1 atom stereocenters. The first kappa shape index (κ1) is 17.2. The molecule has 1 aliphatic heterocycles. The Morgan fingerprint density at radius 2 is 2.28 bits per heavy atom. The number of guanidine groups is 1. The molecular weight excluding hydrogens is 328 g/mol. The van der Waals surface area contributed by atoms with Gasteiger partial charge in [-0.15, -0.1) is 0 Å². The van der Waals surface area contributed by atoms with Crippen LogP contribution in [0.1, 0.15) is 19.0 Å². The van der Waals surface area contributed by atoms with E-state index in [0.717, 1.165) is 24.7 Å². The lowest BCUT2D eigenvalue weighted by molar-refractivity contribution is 0.412. The van der Waals surface area contributed by atoms with Crippen LogP contribution in [0.15, 0.2) is 40.0 Å². The first-order valence-corrected chi connectivity index (χ1v) is 8.30. The molecular formula is C17H21F2N5O. The van der Waals surface area contributed by atoms with Crippen molar-refractivity contribution in [3.63, 3.8) is 0 Å². The lowest BCUT2D eigenvalue weighted by Gasteiger charge is -2.20. The highest BCUT2D eigenvalue weighted by Crippen LogP contribution is 2.24. The van der Waals surface area contributed by atoms with Crippen LogP contribution < -0.4 is 15.5 Å². The average Bonchev–Trinajstić information content (AvgIpc) is 3.24. The van der Waals surface area contributed by atoms with Crippen LogP contribution in [0, 0.1) is 11.6 Å². The summed E-state index contributed by atoms with van der Waals surface area (Å²) in [6.07, 6.45) is 2.35. The predicted octanol–water partition coefficient (Wildman–Crippen LogP) is 2.29. The number of nitrogens with zero attached hydrogens (tertiary/aromatic N) is 3. The molecule has 3 rings (SSSR count). The van der Waals surface area contributed by atoms with E-state index in [9.17, 15) is 8.78 Å². The van der Waals surface area contributed by atoms with Crippen molar-refractivity contribution < 1.29 is 13.3 Å². The van der Waals surface area contributed by atoms with Crippen molar-refractivity contribution in [2.45, 2.75) is 25.9 Å². The predicted molar refractivity (Wildman–Crippen MR) is 91.4 cm³/mol. The Hall–Kier alpha value is -2.64. The molecule has 1 saturated heterocycles. The molecule has 0 aliphatic carbocycles. The number of hydrogen-bond acceptors (Lipinski definition) is 4. The first-order chi connectivity index (χ1) is 12.2. The van der Waals surface area contributed by atoms with Gasteiger partial charge in [0, 0.05) is 37.8 Å². The molecule has 1 fully saturated rings. The zero-order valence-corrected chi connectivity index (χ0v) is 14.0. The Bertz CT molecular complexity index is 720. The number of rotatable bonds is 5. The van der Waals surface area contributed by atoms with E-state index in [1.165, 1.54) is 18.4 Å². The molecule has 134 valence electrons. The molecule has 0 amide bonds. The molecule has 0 saturated carbocycles. The molecule has 1 aliphatic rings. The van der Waals surface area contributed by atoms with Crippen molar-refractivity contribution in [3.8, 4) is 0 Å². The molecule has 6 nitrogen and oxygen atoms in total. The Labute approximate surface area is 144 Å². The molecule has 0 spiro atoms. The topological polar surface area (TPSA) is 65.7 Å². The first-order valence-electron chi connectivity index (χ1n) is 8.30. The standard InChI is InChI=1S/C17H21F2N5O/c1-2-20-17(21-10-13-6-8-25-23-13)22-14-5-7-24(11-14)16-4-3-12(18)9-15(16)19/h3-4,6,8-9,14H,2,5,7,10-11H2,1H3,(H2,20,21,22). The number of aromatic nitrogens is 1. The monoisotopic (exact) mass is 349 g/mol. The van der Waals surface area contributed by atoms with E-state index in [1.807, 2.05) is 11.8 Å². The molecule has 1 aromatic heterocycles. The fourth-order valence-electron chi connectivity index (χ4n) is 2.83. The van der Waals surface area contributed by atoms with Crippen LogP contribution in [-0.2, 0) is 6.54 Å². The summed E-state index contributed by atoms with van der Waals surface area (Å²) in [5, 5.41) is 10.4. The molecule has 1 aromatic carbocycles.